The average Bonchev–Trinajstić information content (AvgIpc) is 3.13. The van der Waals surface area contributed by atoms with Crippen molar-refractivity contribution in [2.75, 3.05) is 45.0 Å². The van der Waals surface area contributed by atoms with Gasteiger partial charge in [0.2, 0.25) is 35.7 Å². The largest absolute Gasteiger partial charge is 0.352 e. The predicted octanol–water partition coefficient (Wildman–Crippen LogP) is 7.53. The number of hydrogen-bond donors (Lipinski definition) is 6. The summed E-state index contributed by atoms with van der Waals surface area (Å²) in [5.41, 5.74) is 8.65. The summed E-state index contributed by atoms with van der Waals surface area (Å²) in [5, 5.41) is 38.0. The van der Waals surface area contributed by atoms with E-state index < -0.39 is 0 Å². The van der Waals surface area contributed by atoms with E-state index in [4.69, 9.17) is 0 Å². The molecule has 0 atom stereocenters. The normalized spacial score (nSPS) is 10.4. The molecule has 6 N–H and O–H groups in total. The van der Waals surface area contributed by atoms with Crippen LogP contribution in [0.2, 0.25) is 0 Å². The van der Waals surface area contributed by atoms with Gasteiger partial charge in [-0.05, 0) is 99.0 Å². The molecule has 258 valence electrons. The number of anilines is 10. The highest BCUT2D eigenvalue weighted by atomic mass is 15.3. The van der Waals surface area contributed by atoms with Crippen molar-refractivity contribution in [2.24, 2.45) is 0 Å². The second kappa shape index (κ2) is 15.9. The van der Waals surface area contributed by atoms with E-state index >= 15 is 0 Å². The van der Waals surface area contributed by atoms with E-state index in [9.17, 15) is 10.5 Å². The van der Waals surface area contributed by atoms with Crippen LogP contribution in [0.15, 0.2) is 84.9 Å². The van der Waals surface area contributed by atoms with Gasteiger partial charge in [-0.25, -0.2) is 0 Å². The molecule has 4 aromatic carbocycles. The molecular formula is C38H36N14. The summed E-state index contributed by atoms with van der Waals surface area (Å²) in [6.07, 6.45) is 0. The zero-order chi connectivity index (χ0) is 36.5. The zero-order valence-corrected chi connectivity index (χ0v) is 29.1. The quantitative estimate of drug-likeness (QED) is 0.0651. The minimum atomic E-state index is 0.320. The van der Waals surface area contributed by atoms with Crippen LogP contribution in [0.25, 0.3) is 0 Å². The Labute approximate surface area is 301 Å². The first-order chi connectivity index (χ1) is 25.2. The van der Waals surface area contributed by atoms with Crippen molar-refractivity contribution in [2.45, 2.75) is 27.7 Å². The molecular weight excluding hydrogens is 653 g/mol. The first kappa shape index (κ1) is 34.5. The Bertz CT molecular complexity index is 2250. The third kappa shape index (κ3) is 9.02. The molecule has 6 rings (SSSR count). The standard InChI is InChI=1S/C38H36N14/c1-23-8-17-31(26(4)20-23)45-37-49-33(47-35(51-37)43-29-13-9-27(21-39)10-14-29)41-18-19-42-34-48-36(44-30-15-11-28(22-40)12-16-30)52-38(50-34)46-32-24(2)6-5-7-25(32)3/h5-17,20H,18-19H2,1-4H3,(H3,41,43,45,47,49,51)(H3,42,44,46,48,50,52). The van der Waals surface area contributed by atoms with Crippen LogP contribution in [-0.4, -0.2) is 43.0 Å². The van der Waals surface area contributed by atoms with Gasteiger partial charge in [-0.1, -0.05) is 35.9 Å². The van der Waals surface area contributed by atoms with E-state index in [0.717, 1.165) is 45.0 Å². The molecule has 0 aliphatic carbocycles. The minimum absolute atomic E-state index is 0.320. The number of hydrogen-bond acceptors (Lipinski definition) is 14. The summed E-state index contributed by atoms with van der Waals surface area (Å²) >= 11 is 0. The number of benzene rings is 4. The van der Waals surface area contributed by atoms with E-state index in [2.05, 4.69) is 80.0 Å². The van der Waals surface area contributed by atoms with Gasteiger partial charge >= 0.3 is 0 Å². The van der Waals surface area contributed by atoms with Gasteiger partial charge in [0.05, 0.1) is 23.3 Å². The molecule has 0 fully saturated rings. The first-order valence-electron chi connectivity index (χ1n) is 16.5. The Morgan fingerprint density at radius 1 is 0.481 bits per heavy atom. The van der Waals surface area contributed by atoms with Crippen molar-refractivity contribution in [1.82, 2.24) is 29.9 Å². The van der Waals surface area contributed by atoms with Crippen molar-refractivity contribution in [3.8, 4) is 12.1 Å². The Hall–Kier alpha value is -7.32. The van der Waals surface area contributed by atoms with Crippen molar-refractivity contribution < 1.29 is 0 Å². The van der Waals surface area contributed by atoms with Gasteiger partial charge in [-0.2, -0.15) is 40.4 Å². The summed E-state index contributed by atoms with van der Waals surface area (Å²) in [4.78, 5) is 27.6. The fourth-order valence-electron chi connectivity index (χ4n) is 5.19. The van der Waals surface area contributed by atoms with Gasteiger partial charge in [0, 0.05) is 35.8 Å². The van der Waals surface area contributed by atoms with Crippen LogP contribution in [0.3, 0.4) is 0 Å². The van der Waals surface area contributed by atoms with E-state index in [1.807, 2.05) is 58.0 Å². The van der Waals surface area contributed by atoms with Crippen molar-refractivity contribution >= 4 is 58.4 Å². The molecule has 14 nitrogen and oxygen atoms in total. The maximum absolute atomic E-state index is 9.18. The third-order valence-corrected chi connectivity index (χ3v) is 7.85. The maximum atomic E-state index is 9.18. The average molecular weight is 689 g/mol. The highest BCUT2D eigenvalue weighted by Crippen LogP contribution is 2.25. The van der Waals surface area contributed by atoms with Crippen LogP contribution in [0.5, 0.6) is 0 Å². The summed E-state index contributed by atoms with van der Waals surface area (Å²) in [7, 11) is 0. The number of nitrogens with one attached hydrogen (secondary N) is 6. The second-order valence-corrected chi connectivity index (χ2v) is 11.9. The fraction of sp³-hybridized carbons (Fsp3) is 0.158. The fourth-order valence-corrected chi connectivity index (χ4v) is 5.19. The highest BCUT2D eigenvalue weighted by molar-refractivity contribution is 5.65. The lowest BCUT2D eigenvalue weighted by molar-refractivity contribution is 0.971. The minimum Gasteiger partial charge on any atom is -0.352 e. The van der Waals surface area contributed by atoms with Crippen LogP contribution < -0.4 is 31.9 Å². The molecule has 0 amide bonds. The van der Waals surface area contributed by atoms with Crippen molar-refractivity contribution in [3.05, 3.63) is 118 Å². The molecule has 0 bridgehead atoms. The van der Waals surface area contributed by atoms with E-state index in [1.54, 1.807) is 48.5 Å². The molecule has 0 unspecified atom stereocenters. The first-order valence-corrected chi connectivity index (χ1v) is 16.5. The molecule has 0 radical (unpaired) electrons. The topological polar surface area (TPSA) is 197 Å². The van der Waals surface area contributed by atoms with E-state index in [1.165, 1.54) is 0 Å². The van der Waals surface area contributed by atoms with Crippen LogP contribution in [0, 0.1) is 50.4 Å². The van der Waals surface area contributed by atoms with Crippen LogP contribution in [0.1, 0.15) is 33.4 Å². The number of para-hydroxylation sites is 1. The molecule has 52 heavy (non-hydrogen) atoms. The number of aromatic nitrogens is 6. The summed E-state index contributed by atoms with van der Waals surface area (Å²) < 4.78 is 0. The molecule has 0 saturated carbocycles. The lowest BCUT2D eigenvalue weighted by atomic mass is 10.1. The molecule has 0 aliphatic rings. The number of nitriles is 2. The molecule has 2 heterocycles. The predicted molar refractivity (Wildman–Crippen MR) is 204 cm³/mol. The Kier molecular flexibility index (Phi) is 10.6. The zero-order valence-electron chi connectivity index (χ0n) is 29.1. The van der Waals surface area contributed by atoms with E-state index in [-0.39, 0.29) is 0 Å². The second-order valence-electron chi connectivity index (χ2n) is 11.9. The maximum Gasteiger partial charge on any atom is 0.233 e. The number of rotatable bonds is 13. The smallest absolute Gasteiger partial charge is 0.233 e. The molecule has 0 aliphatic heterocycles. The molecule has 6 aromatic rings. The summed E-state index contributed by atoms with van der Waals surface area (Å²) in [6.45, 7) is 8.92. The van der Waals surface area contributed by atoms with Gasteiger partial charge in [0.1, 0.15) is 0 Å². The van der Waals surface area contributed by atoms with Crippen molar-refractivity contribution in [1.29, 1.82) is 10.5 Å². The number of aryl methyl sites for hydroxylation is 4. The lowest BCUT2D eigenvalue weighted by Crippen LogP contribution is -2.18. The van der Waals surface area contributed by atoms with Crippen LogP contribution in [-0.2, 0) is 0 Å². The monoisotopic (exact) mass is 688 g/mol. The van der Waals surface area contributed by atoms with Gasteiger partial charge < -0.3 is 31.9 Å². The Morgan fingerprint density at radius 2 is 0.923 bits per heavy atom. The lowest BCUT2D eigenvalue weighted by Gasteiger charge is -2.15. The van der Waals surface area contributed by atoms with Gasteiger partial charge in [0.15, 0.2) is 0 Å². The number of nitrogens with zero attached hydrogens (tertiary/aromatic N) is 8. The molecule has 14 heteroatoms. The van der Waals surface area contributed by atoms with E-state index in [0.29, 0.717) is 59.9 Å². The molecule has 2 aromatic heterocycles. The molecule has 0 spiro atoms. The Morgan fingerprint density at radius 3 is 1.38 bits per heavy atom. The third-order valence-electron chi connectivity index (χ3n) is 7.85. The van der Waals surface area contributed by atoms with Crippen LogP contribution in [0.4, 0.5) is 58.4 Å². The van der Waals surface area contributed by atoms with Crippen molar-refractivity contribution in [3.63, 3.8) is 0 Å². The SMILES string of the molecule is Cc1ccc(Nc2nc(NCCNc3nc(Nc4ccc(C#N)cc4)nc(Nc4c(C)cccc4C)n3)nc(Nc3ccc(C#N)cc3)n2)c(C)c1. The Balaban J connectivity index is 1.20. The summed E-state index contributed by atoms with van der Waals surface area (Å²) in [5.74, 6) is 2.04. The molecule has 0 saturated heterocycles. The van der Waals surface area contributed by atoms with Gasteiger partial charge in [0.25, 0.3) is 0 Å². The van der Waals surface area contributed by atoms with Crippen LogP contribution >= 0.6 is 0 Å². The van der Waals surface area contributed by atoms with Gasteiger partial charge in [-0.3, -0.25) is 0 Å². The highest BCUT2D eigenvalue weighted by Gasteiger charge is 2.12. The van der Waals surface area contributed by atoms with Gasteiger partial charge in [-0.15, -0.1) is 0 Å². The summed E-state index contributed by atoms with van der Waals surface area (Å²) in [6, 6.07) is 30.4.